The van der Waals surface area contributed by atoms with Gasteiger partial charge in [-0.2, -0.15) is 0 Å². The molecule has 0 saturated carbocycles. The van der Waals surface area contributed by atoms with Crippen LogP contribution in [0.5, 0.6) is 0 Å². The van der Waals surface area contributed by atoms with Crippen LogP contribution in [0.3, 0.4) is 0 Å². The van der Waals surface area contributed by atoms with Gasteiger partial charge in [-0.1, -0.05) is 111 Å². The van der Waals surface area contributed by atoms with E-state index >= 15 is 0 Å². The minimum atomic E-state index is -0.456. The van der Waals surface area contributed by atoms with Crippen molar-refractivity contribution in [2.45, 2.75) is 77.0 Å². The van der Waals surface area contributed by atoms with Gasteiger partial charge in [0.2, 0.25) is 0 Å². The van der Waals surface area contributed by atoms with E-state index in [9.17, 15) is 0 Å². The minimum absolute atomic E-state index is 0.174. The molecule has 3 aromatic carbocycles. The van der Waals surface area contributed by atoms with Gasteiger partial charge >= 0.3 is 0 Å². The van der Waals surface area contributed by atoms with Crippen molar-refractivity contribution in [3.8, 4) is 0 Å². The highest BCUT2D eigenvalue weighted by Gasteiger charge is 2.40. The first kappa shape index (κ1) is 27.5. The van der Waals surface area contributed by atoms with E-state index in [4.69, 9.17) is 23.7 Å². The van der Waals surface area contributed by atoms with Gasteiger partial charge in [0.15, 0.2) is 6.29 Å². The second kappa shape index (κ2) is 15.7. The van der Waals surface area contributed by atoms with Gasteiger partial charge in [0, 0.05) is 13.0 Å². The second-order valence-electron chi connectivity index (χ2n) is 9.53. The van der Waals surface area contributed by atoms with Crippen LogP contribution in [0.4, 0.5) is 0 Å². The van der Waals surface area contributed by atoms with Gasteiger partial charge in [-0.3, -0.25) is 0 Å². The summed E-state index contributed by atoms with van der Waals surface area (Å²) in [6.45, 7) is 4.81. The Morgan fingerprint density at radius 1 is 0.649 bits per heavy atom. The SMILES string of the molecule is CCCCCOC1O[C@H](COCc2ccccc2)[C@@H](OCc2ccccc2)C[C@H]1OCc1ccccc1. The van der Waals surface area contributed by atoms with Gasteiger partial charge in [-0.05, 0) is 23.1 Å². The predicted molar refractivity (Wildman–Crippen MR) is 145 cm³/mol. The molecule has 198 valence electrons. The molecule has 1 aliphatic rings. The Morgan fingerprint density at radius 3 is 1.76 bits per heavy atom. The third kappa shape index (κ3) is 9.37. The van der Waals surface area contributed by atoms with Crippen LogP contribution in [-0.2, 0) is 43.5 Å². The fraction of sp³-hybridized carbons (Fsp3) is 0.438. The Labute approximate surface area is 221 Å². The van der Waals surface area contributed by atoms with Gasteiger partial charge in [-0.15, -0.1) is 0 Å². The van der Waals surface area contributed by atoms with E-state index in [-0.39, 0.29) is 18.3 Å². The lowest BCUT2D eigenvalue weighted by molar-refractivity contribution is -0.290. The summed E-state index contributed by atoms with van der Waals surface area (Å²) in [6, 6.07) is 30.6. The number of benzene rings is 3. The number of hydrogen-bond acceptors (Lipinski definition) is 5. The third-order valence-electron chi connectivity index (χ3n) is 6.53. The van der Waals surface area contributed by atoms with Crippen molar-refractivity contribution < 1.29 is 23.7 Å². The van der Waals surface area contributed by atoms with Crippen molar-refractivity contribution in [1.82, 2.24) is 0 Å². The van der Waals surface area contributed by atoms with Crippen LogP contribution in [0.1, 0.15) is 49.3 Å². The summed E-state index contributed by atoms with van der Waals surface area (Å²) in [4.78, 5) is 0. The van der Waals surface area contributed by atoms with Crippen molar-refractivity contribution in [2.24, 2.45) is 0 Å². The Balaban J connectivity index is 1.42. The summed E-state index contributed by atoms with van der Waals surface area (Å²) in [5, 5.41) is 0. The van der Waals surface area contributed by atoms with E-state index in [1.54, 1.807) is 0 Å². The Bertz CT molecular complexity index is 982. The Morgan fingerprint density at radius 2 is 1.19 bits per heavy atom. The fourth-order valence-corrected chi connectivity index (χ4v) is 4.43. The standard InChI is InChI=1S/C32H40O5/c1-2-3-13-20-34-32-30(36-24-28-18-11-6-12-19-28)21-29(35-23-27-16-9-5-10-17-27)31(37-32)25-33-22-26-14-7-4-8-15-26/h4-12,14-19,29-32H,2-3,13,20-25H2,1H3/t29-,30+,31+,32?/m0/s1. The summed E-state index contributed by atoms with van der Waals surface area (Å²) < 4.78 is 31.6. The van der Waals surface area contributed by atoms with Crippen molar-refractivity contribution in [3.05, 3.63) is 108 Å². The molecule has 1 saturated heterocycles. The molecule has 37 heavy (non-hydrogen) atoms. The average molecular weight is 505 g/mol. The van der Waals surface area contributed by atoms with Crippen LogP contribution >= 0.6 is 0 Å². The average Bonchev–Trinajstić information content (AvgIpc) is 2.95. The topological polar surface area (TPSA) is 46.2 Å². The highest BCUT2D eigenvalue weighted by Crippen LogP contribution is 2.28. The summed E-state index contributed by atoms with van der Waals surface area (Å²) in [6.07, 6.45) is 2.86. The van der Waals surface area contributed by atoms with Crippen LogP contribution in [0, 0.1) is 0 Å². The smallest absolute Gasteiger partial charge is 0.184 e. The lowest BCUT2D eigenvalue weighted by Gasteiger charge is -2.41. The first-order chi connectivity index (χ1) is 18.3. The molecule has 1 aliphatic heterocycles. The summed E-state index contributed by atoms with van der Waals surface area (Å²) in [5.41, 5.74) is 3.39. The molecule has 0 bridgehead atoms. The van der Waals surface area contributed by atoms with E-state index in [2.05, 4.69) is 43.3 Å². The van der Waals surface area contributed by atoms with Gasteiger partial charge in [0.25, 0.3) is 0 Å². The van der Waals surface area contributed by atoms with Crippen LogP contribution in [0.2, 0.25) is 0 Å². The van der Waals surface area contributed by atoms with E-state index in [1.807, 2.05) is 54.6 Å². The van der Waals surface area contributed by atoms with Crippen molar-refractivity contribution in [2.75, 3.05) is 13.2 Å². The van der Waals surface area contributed by atoms with E-state index in [0.29, 0.717) is 39.5 Å². The summed E-state index contributed by atoms with van der Waals surface area (Å²) in [7, 11) is 0. The maximum absolute atomic E-state index is 6.51. The maximum Gasteiger partial charge on any atom is 0.184 e. The zero-order chi connectivity index (χ0) is 25.5. The molecule has 0 spiro atoms. The van der Waals surface area contributed by atoms with Crippen molar-refractivity contribution >= 4 is 0 Å². The van der Waals surface area contributed by atoms with Gasteiger partial charge < -0.3 is 23.7 Å². The van der Waals surface area contributed by atoms with Crippen LogP contribution in [0.15, 0.2) is 91.0 Å². The second-order valence-corrected chi connectivity index (χ2v) is 9.53. The number of hydrogen-bond donors (Lipinski definition) is 0. The molecular weight excluding hydrogens is 464 g/mol. The first-order valence-corrected chi connectivity index (χ1v) is 13.5. The molecule has 3 aromatic rings. The predicted octanol–water partition coefficient (Wildman–Crippen LogP) is 6.70. The largest absolute Gasteiger partial charge is 0.374 e. The van der Waals surface area contributed by atoms with Crippen LogP contribution in [-0.4, -0.2) is 37.8 Å². The molecule has 0 amide bonds. The molecular formula is C32H40O5. The van der Waals surface area contributed by atoms with E-state index in [1.165, 1.54) is 0 Å². The Hall–Kier alpha value is -2.54. The van der Waals surface area contributed by atoms with Gasteiger partial charge in [-0.25, -0.2) is 0 Å². The number of unbranched alkanes of at least 4 members (excludes halogenated alkanes) is 2. The van der Waals surface area contributed by atoms with Crippen molar-refractivity contribution in [1.29, 1.82) is 0 Å². The molecule has 0 radical (unpaired) electrons. The summed E-state index contributed by atoms with van der Waals surface area (Å²) >= 11 is 0. The molecule has 0 aromatic heterocycles. The zero-order valence-corrected chi connectivity index (χ0v) is 21.9. The minimum Gasteiger partial charge on any atom is -0.374 e. The molecule has 0 N–H and O–H groups in total. The lowest BCUT2D eigenvalue weighted by atomic mass is 10.0. The number of rotatable bonds is 15. The van der Waals surface area contributed by atoms with Gasteiger partial charge in [0.1, 0.15) is 12.2 Å². The highest BCUT2D eigenvalue weighted by molar-refractivity contribution is 5.15. The molecule has 1 unspecified atom stereocenters. The highest BCUT2D eigenvalue weighted by atomic mass is 16.7. The van der Waals surface area contributed by atoms with E-state index in [0.717, 1.165) is 36.0 Å². The molecule has 5 nitrogen and oxygen atoms in total. The summed E-state index contributed by atoms with van der Waals surface area (Å²) in [5.74, 6) is 0. The molecule has 1 fully saturated rings. The van der Waals surface area contributed by atoms with Crippen molar-refractivity contribution in [3.63, 3.8) is 0 Å². The number of ether oxygens (including phenoxy) is 5. The fourth-order valence-electron chi connectivity index (χ4n) is 4.43. The monoisotopic (exact) mass is 504 g/mol. The van der Waals surface area contributed by atoms with Crippen LogP contribution < -0.4 is 0 Å². The zero-order valence-electron chi connectivity index (χ0n) is 21.9. The molecule has 4 rings (SSSR count). The molecule has 0 aliphatic carbocycles. The van der Waals surface area contributed by atoms with Crippen LogP contribution in [0.25, 0.3) is 0 Å². The Kier molecular flexibility index (Phi) is 11.6. The quantitative estimate of drug-likeness (QED) is 0.216. The molecule has 1 heterocycles. The normalized spacial score (nSPS) is 21.6. The molecule has 4 atom stereocenters. The third-order valence-corrected chi connectivity index (χ3v) is 6.53. The first-order valence-electron chi connectivity index (χ1n) is 13.5. The molecule has 5 heteroatoms. The van der Waals surface area contributed by atoms with Gasteiger partial charge in [0.05, 0.1) is 32.5 Å². The van der Waals surface area contributed by atoms with E-state index < -0.39 is 6.29 Å². The lowest BCUT2D eigenvalue weighted by Crippen LogP contribution is -2.52. The maximum atomic E-state index is 6.51.